The van der Waals surface area contributed by atoms with E-state index in [2.05, 4.69) is 29.5 Å². The molecule has 0 unspecified atom stereocenters. The number of ether oxygens (including phenoxy) is 1. The number of amides is 2. The number of hydrogen-bond donors (Lipinski definition) is 2. The number of aromatic nitrogens is 2. The number of hydrogen-bond acceptors (Lipinski definition) is 4. The van der Waals surface area contributed by atoms with E-state index < -0.39 is 0 Å². The van der Waals surface area contributed by atoms with Crippen molar-refractivity contribution >= 4 is 23.0 Å². The fourth-order valence-corrected chi connectivity index (χ4v) is 3.01. The first-order valence-corrected chi connectivity index (χ1v) is 9.17. The zero-order chi connectivity index (χ0) is 20.1. The number of carbonyl (C=O) groups is 2. The van der Waals surface area contributed by atoms with Gasteiger partial charge in [0.2, 0.25) is 5.82 Å². The molecule has 2 N–H and O–H groups in total. The molecule has 2 aromatic heterocycles. The number of imidazole rings is 1. The molecule has 3 aromatic rings. The number of nitrogens with one attached hydrogen (secondary N) is 2. The van der Waals surface area contributed by atoms with Gasteiger partial charge in [0.25, 0.3) is 11.8 Å². The molecule has 0 aliphatic carbocycles. The second-order valence-electron chi connectivity index (χ2n) is 6.68. The summed E-state index contributed by atoms with van der Waals surface area (Å²) in [6.07, 6.45) is 1.72. The van der Waals surface area contributed by atoms with Crippen molar-refractivity contribution in [3.63, 3.8) is 0 Å². The summed E-state index contributed by atoms with van der Waals surface area (Å²) in [5.41, 5.74) is 2.55. The third-order valence-corrected chi connectivity index (χ3v) is 4.39. The molecule has 7 nitrogen and oxygen atoms in total. The lowest BCUT2D eigenvalue weighted by atomic mass is 10.0. The summed E-state index contributed by atoms with van der Waals surface area (Å²) in [6.45, 7) is 4.90. The van der Waals surface area contributed by atoms with Gasteiger partial charge in [0.15, 0.2) is 5.69 Å². The van der Waals surface area contributed by atoms with Gasteiger partial charge in [0.05, 0.1) is 12.1 Å². The molecule has 0 radical (unpaired) electrons. The molecule has 0 atom stereocenters. The van der Waals surface area contributed by atoms with Crippen molar-refractivity contribution in [2.24, 2.45) is 0 Å². The molecule has 1 aromatic carbocycles. The van der Waals surface area contributed by atoms with Crippen LogP contribution < -0.4 is 10.6 Å². The van der Waals surface area contributed by atoms with Crippen molar-refractivity contribution in [3.05, 3.63) is 65.7 Å². The van der Waals surface area contributed by atoms with Crippen molar-refractivity contribution in [1.29, 1.82) is 0 Å². The number of benzene rings is 1. The molecule has 146 valence electrons. The molecule has 0 aliphatic rings. The van der Waals surface area contributed by atoms with Gasteiger partial charge in [-0.05, 0) is 29.7 Å². The summed E-state index contributed by atoms with van der Waals surface area (Å²) >= 11 is 0. The van der Waals surface area contributed by atoms with Crippen LogP contribution in [0.2, 0.25) is 0 Å². The standard InChI is InChI=1S/C21H24N4O3/c1-14(2)15-8-4-5-9-16(15)23-21(27)19-24-18(20(26)22-11-13-28-3)17-10-6-7-12-25(17)19/h4-10,12,14H,11,13H2,1-3H3,(H,22,26)(H,23,27). The van der Waals surface area contributed by atoms with Crippen molar-refractivity contribution in [1.82, 2.24) is 14.7 Å². The van der Waals surface area contributed by atoms with Crippen LogP contribution in [0, 0.1) is 0 Å². The molecule has 0 aliphatic heterocycles. The normalized spacial score (nSPS) is 11.0. The maximum atomic E-state index is 13.0. The Hall–Kier alpha value is -3.19. The van der Waals surface area contributed by atoms with Crippen LogP contribution in [0.3, 0.4) is 0 Å². The van der Waals surface area contributed by atoms with Crippen LogP contribution in [0.4, 0.5) is 5.69 Å². The highest BCUT2D eigenvalue weighted by molar-refractivity contribution is 6.06. The first-order chi connectivity index (χ1) is 13.5. The second-order valence-corrected chi connectivity index (χ2v) is 6.68. The molecule has 3 rings (SSSR count). The number of para-hydroxylation sites is 1. The predicted octanol–water partition coefficient (Wildman–Crippen LogP) is 3.09. The van der Waals surface area contributed by atoms with Gasteiger partial charge in [0, 0.05) is 25.5 Å². The fourth-order valence-electron chi connectivity index (χ4n) is 3.01. The third kappa shape index (κ3) is 4.04. The number of pyridine rings is 1. The van der Waals surface area contributed by atoms with Crippen molar-refractivity contribution in [3.8, 4) is 0 Å². The number of anilines is 1. The highest BCUT2D eigenvalue weighted by atomic mass is 16.5. The van der Waals surface area contributed by atoms with Crippen molar-refractivity contribution in [2.45, 2.75) is 19.8 Å². The molecule has 0 saturated carbocycles. The van der Waals surface area contributed by atoms with Gasteiger partial charge in [-0.15, -0.1) is 0 Å². The first-order valence-electron chi connectivity index (χ1n) is 9.17. The van der Waals surface area contributed by atoms with Gasteiger partial charge in [-0.25, -0.2) is 4.98 Å². The minimum Gasteiger partial charge on any atom is -0.383 e. The highest BCUT2D eigenvalue weighted by Gasteiger charge is 2.22. The van der Waals surface area contributed by atoms with Crippen LogP contribution in [0.15, 0.2) is 48.7 Å². The number of rotatable bonds is 7. The molecule has 2 amide bonds. The van der Waals surface area contributed by atoms with Gasteiger partial charge >= 0.3 is 0 Å². The number of methoxy groups -OCH3 is 1. The summed E-state index contributed by atoms with van der Waals surface area (Å²) in [5.74, 6) is -0.297. The minimum atomic E-state index is -0.370. The minimum absolute atomic E-state index is 0.158. The van der Waals surface area contributed by atoms with E-state index in [4.69, 9.17) is 4.74 Å². The van der Waals surface area contributed by atoms with E-state index in [9.17, 15) is 9.59 Å². The predicted molar refractivity (Wildman–Crippen MR) is 108 cm³/mol. The summed E-state index contributed by atoms with van der Waals surface area (Å²) in [5, 5.41) is 5.68. The number of carbonyl (C=O) groups excluding carboxylic acids is 2. The molecule has 0 bridgehead atoms. The summed E-state index contributed by atoms with van der Waals surface area (Å²) in [6, 6.07) is 13.0. The van der Waals surface area contributed by atoms with E-state index in [1.165, 1.54) is 0 Å². The highest BCUT2D eigenvalue weighted by Crippen LogP contribution is 2.24. The Morgan fingerprint density at radius 2 is 1.86 bits per heavy atom. The van der Waals surface area contributed by atoms with Crippen LogP contribution in [0.5, 0.6) is 0 Å². The summed E-state index contributed by atoms with van der Waals surface area (Å²) in [4.78, 5) is 29.8. The Bertz CT molecular complexity index is 994. The Morgan fingerprint density at radius 3 is 2.61 bits per heavy atom. The molecular weight excluding hydrogens is 356 g/mol. The largest absolute Gasteiger partial charge is 0.383 e. The van der Waals surface area contributed by atoms with Gasteiger partial charge in [-0.3, -0.25) is 14.0 Å². The SMILES string of the molecule is COCCNC(=O)c1nc(C(=O)Nc2ccccc2C(C)C)n2ccccc12. The van der Waals surface area contributed by atoms with Gasteiger partial charge in [0.1, 0.15) is 0 Å². The molecule has 2 heterocycles. The monoisotopic (exact) mass is 380 g/mol. The Labute approximate surface area is 163 Å². The molecular formula is C21H24N4O3. The third-order valence-electron chi connectivity index (χ3n) is 4.39. The average Bonchev–Trinajstić information content (AvgIpc) is 3.08. The Balaban J connectivity index is 1.93. The van der Waals surface area contributed by atoms with E-state index in [-0.39, 0.29) is 29.3 Å². The zero-order valence-corrected chi connectivity index (χ0v) is 16.2. The van der Waals surface area contributed by atoms with E-state index in [0.717, 1.165) is 11.3 Å². The van der Waals surface area contributed by atoms with Crippen LogP contribution in [0.25, 0.3) is 5.52 Å². The lowest BCUT2D eigenvalue weighted by Gasteiger charge is -2.13. The van der Waals surface area contributed by atoms with Crippen molar-refractivity contribution < 1.29 is 14.3 Å². The van der Waals surface area contributed by atoms with E-state index >= 15 is 0 Å². The Kier molecular flexibility index (Phi) is 6.06. The first kappa shape index (κ1) is 19.6. The maximum absolute atomic E-state index is 13.0. The lowest BCUT2D eigenvalue weighted by molar-refractivity contribution is 0.0934. The van der Waals surface area contributed by atoms with E-state index in [1.54, 1.807) is 35.9 Å². The Morgan fingerprint density at radius 1 is 1.11 bits per heavy atom. The fraction of sp³-hybridized carbons (Fsp3) is 0.286. The van der Waals surface area contributed by atoms with Crippen LogP contribution in [-0.4, -0.2) is 41.5 Å². The second kappa shape index (κ2) is 8.67. The maximum Gasteiger partial charge on any atom is 0.292 e. The zero-order valence-electron chi connectivity index (χ0n) is 16.2. The molecule has 7 heteroatoms. The quantitative estimate of drug-likeness (QED) is 0.617. The number of nitrogens with zero attached hydrogens (tertiary/aromatic N) is 2. The summed E-state index contributed by atoms with van der Waals surface area (Å²) < 4.78 is 6.57. The van der Waals surface area contributed by atoms with Crippen molar-refractivity contribution in [2.75, 3.05) is 25.6 Å². The summed E-state index contributed by atoms with van der Waals surface area (Å²) in [7, 11) is 1.57. The average molecular weight is 380 g/mol. The molecule has 0 spiro atoms. The molecule has 28 heavy (non-hydrogen) atoms. The van der Waals surface area contributed by atoms with Gasteiger partial charge in [-0.2, -0.15) is 0 Å². The van der Waals surface area contributed by atoms with E-state index in [0.29, 0.717) is 18.7 Å². The van der Waals surface area contributed by atoms with Crippen LogP contribution in [-0.2, 0) is 4.74 Å². The van der Waals surface area contributed by atoms with E-state index in [1.807, 2.05) is 24.3 Å². The molecule has 0 saturated heterocycles. The smallest absolute Gasteiger partial charge is 0.292 e. The molecule has 0 fully saturated rings. The van der Waals surface area contributed by atoms with Gasteiger partial charge < -0.3 is 15.4 Å². The van der Waals surface area contributed by atoms with Crippen LogP contribution in [0.1, 0.15) is 46.4 Å². The lowest BCUT2D eigenvalue weighted by Crippen LogP contribution is -2.27. The van der Waals surface area contributed by atoms with Gasteiger partial charge in [-0.1, -0.05) is 38.1 Å². The topological polar surface area (TPSA) is 84.7 Å². The van der Waals surface area contributed by atoms with Crippen LogP contribution >= 0.6 is 0 Å². The number of fused-ring (bicyclic) bond motifs is 1.